The van der Waals surface area contributed by atoms with Crippen molar-refractivity contribution in [2.75, 3.05) is 38.4 Å². The minimum absolute atomic E-state index is 0.562. The lowest BCUT2D eigenvalue weighted by Crippen LogP contribution is -2.03. The van der Waals surface area contributed by atoms with E-state index >= 15 is 0 Å². The van der Waals surface area contributed by atoms with Crippen LogP contribution in [0.3, 0.4) is 0 Å². The molecule has 0 saturated heterocycles. The van der Waals surface area contributed by atoms with Gasteiger partial charge in [-0.1, -0.05) is 0 Å². The molecule has 16 heavy (non-hydrogen) atoms. The van der Waals surface area contributed by atoms with Gasteiger partial charge in [-0.25, -0.2) is 4.98 Å². The number of methoxy groups -OCH3 is 1. The summed E-state index contributed by atoms with van der Waals surface area (Å²) in [5.74, 6) is 1.59. The number of nitrogens with zero attached hydrogens (tertiary/aromatic N) is 1. The Labute approximate surface area is 101 Å². The van der Waals surface area contributed by atoms with Crippen LogP contribution in [0.1, 0.15) is 6.42 Å². The molecule has 0 aliphatic carbocycles. The number of hydrogen-bond acceptors (Lipinski definition) is 5. The first-order valence-corrected chi connectivity index (χ1v) is 6.22. The highest BCUT2D eigenvalue weighted by molar-refractivity contribution is 7.99. The van der Waals surface area contributed by atoms with Crippen LogP contribution in [0.15, 0.2) is 23.2 Å². The lowest BCUT2D eigenvalue weighted by Gasteiger charge is -2.03. The molecule has 0 unspecified atom stereocenters. The molecule has 0 fully saturated rings. The summed E-state index contributed by atoms with van der Waals surface area (Å²) in [7, 11) is 1.67. The molecule has 0 spiro atoms. The molecule has 0 aliphatic heterocycles. The van der Waals surface area contributed by atoms with Gasteiger partial charge in [-0.15, -0.1) is 11.8 Å². The van der Waals surface area contributed by atoms with E-state index in [1.165, 1.54) is 0 Å². The second kappa shape index (κ2) is 8.38. The smallest absolute Gasteiger partial charge is 0.123 e. The Morgan fingerprint density at radius 3 is 2.88 bits per heavy atom. The zero-order valence-electron chi connectivity index (χ0n) is 9.52. The summed E-state index contributed by atoms with van der Waals surface area (Å²) in [6.07, 6.45) is 2.82. The second-order valence-corrected chi connectivity index (χ2v) is 4.39. The predicted octanol–water partition coefficient (Wildman–Crippen LogP) is 1.81. The van der Waals surface area contributed by atoms with E-state index in [4.69, 9.17) is 15.2 Å². The molecule has 2 N–H and O–H groups in total. The molecule has 0 aromatic carbocycles. The molecule has 90 valence electrons. The van der Waals surface area contributed by atoms with Gasteiger partial charge in [-0.3, -0.25) is 0 Å². The molecule has 5 heteroatoms. The van der Waals surface area contributed by atoms with E-state index in [9.17, 15) is 0 Å². The first kappa shape index (κ1) is 13.3. The van der Waals surface area contributed by atoms with Gasteiger partial charge >= 0.3 is 0 Å². The Kier molecular flexibility index (Phi) is 6.96. The van der Waals surface area contributed by atoms with E-state index in [-0.39, 0.29) is 0 Å². The molecule has 0 atom stereocenters. The van der Waals surface area contributed by atoms with Crippen molar-refractivity contribution in [3.8, 4) is 0 Å². The minimum Gasteiger partial charge on any atom is -0.384 e. The summed E-state index contributed by atoms with van der Waals surface area (Å²) in [6, 6.07) is 3.80. The molecule has 0 bridgehead atoms. The quantitative estimate of drug-likeness (QED) is 0.556. The fraction of sp³-hybridized carbons (Fsp3) is 0.545. The number of hydrogen-bond donors (Lipinski definition) is 1. The summed E-state index contributed by atoms with van der Waals surface area (Å²) >= 11 is 1.76. The maximum Gasteiger partial charge on any atom is 0.123 e. The third kappa shape index (κ3) is 5.95. The van der Waals surface area contributed by atoms with Crippen LogP contribution >= 0.6 is 11.8 Å². The van der Waals surface area contributed by atoms with Crippen molar-refractivity contribution < 1.29 is 9.47 Å². The zero-order chi connectivity index (χ0) is 11.6. The number of thioether (sulfide) groups is 1. The maximum atomic E-state index is 5.50. The van der Waals surface area contributed by atoms with Gasteiger partial charge in [0.25, 0.3) is 0 Å². The normalized spacial score (nSPS) is 10.6. The summed E-state index contributed by atoms with van der Waals surface area (Å²) in [6.45, 7) is 2.11. The highest BCUT2D eigenvalue weighted by Gasteiger charge is 1.95. The van der Waals surface area contributed by atoms with Gasteiger partial charge in [-0.2, -0.15) is 0 Å². The minimum atomic E-state index is 0.562. The van der Waals surface area contributed by atoms with Gasteiger partial charge in [0.05, 0.1) is 13.2 Å². The first-order valence-electron chi connectivity index (χ1n) is 5.24. The average Bonchev–Trinajstić information content (AvgIpc) is 2.30. The van der Waals surface area contributed by atoms with Crippen LogP contribution in [0.25, 0.3) is 0 Å². The molecule has 1 aromatic rings. The van der Waals surface area contributed by atoms with Crippen molar-refractivity contribution in [2.45, 2.75) is 11.3 Å². The third-order valence-electron chi connectivity index (χ3n) is 1.89. The van der Waals surface area contributed by atoms with Gasteiger partial charge < -0.3 is 15.2 Å². The fourth-order valence-electron chi connectivity index (χ4n) is 1.07. The van der Waals surface area contributed by atoms with Crippen molar-refractivity contribution in [3.05, 3.63) is 18.3 Å². The van der Waals surface area contributed by atoms with E-state index in [0.29, 0.717) is 19.0 Å². The number of nitrogens with two attached hydrogens (primary N) is 1. The molecule has 1 heterocycles. The van der Waals surface area contributed by atoms with Gasteiger partial charge in [-0.05, 0) is 18.6 Å². The van der Waals surface area contributed by atoms with Crippen LogP contribution in [0, 0.1) is 0 Å². The first-order chi connectivity index (χ1) is 7.83. The topological polar surface area (TPSA) is 57.4 Å². The molecular weight excluding hydrogens is 224 g/mol. The molecular formula is C11H18N2O2S. The fourth-order valence-corrected chi connectivity index (χ4v) is 1.86. The standard InChI is InChI=1S/C11H18N2O2S/c1-14-6-7-15-5-2-8-16-10-3-4-11(12)13-9-10/h3-4,9H,2,5-8H2,1H3,(H2,12,13). The van der Waals surface area contributed by atoms with Crippen molar-refractivity contribution in [1.82, 2.24) is 4.98 Å². The number of ether oxygens (including phenoxy) is 2. The zero-order valence-corrected chi connectivity index (χ0v) is 10.3. The number of aromatic nitrogens is 1. The summed E-state index contributed by atoms with van der Waals surface area (Å²) in [4.78, 5) is 5.17. The van der Waals surface area contributed by atoms with Crippen LogP contribution in [-0.2, 0) is 9.47 Å². The van der Waals surface area contributed by atoms with Crippen molar-refractivity contribution in [2.24, 2.45) is 0 Å². The van der Waals surface area contributed by atoms with Crippen LogP contribution in [0.2, 0.25) is 0 Å². The van der Waals surface area contributed by atoms with Gasteiger partial charge in [0.2, 0.25) is 0 Å². The van der Waals surface area contributed by atoms with E-state index in [1.54, 1.807) is 25.1 Å². The van der Waals surface area contributed by atoms with Gasteiger partial charge in [0.1, 0.15) is 5.82 Å². The van der Waals surface area contributed by atoms with Crippen molar-refractivity contribution >= 4 is 17.6 Å². The largest absolute Gasteiger partial charge is 0.384 e. The summed E-state index contributed by atoms with van der Waals surface area (Å²) in [5, 5.41) is 0. The second-order valence-electron chi connectivity index (χ2n) is 3.23. The Hall–Kier alpha value is -0.780. The van der Waals surface area contributed by atoms with Crippen LogP contribution in [0.5, 0.6) is 0 Å². The Morgan fingerprint density at radius 1 is 1.31 bits per heavy atom. The third-order valence-corrected chi connectivity index (χ3v) is 2.96. The molecule has 4 nitrogen and oxygen atoms in total. The van der Waals surface area contributed by atoms with E-state index in [2.05, 4.69) is 4.98 Å². The van der Waals surface area contributed by atoms with Crippen LogP contribution in [0.4, 0.5) is 5.82 Å². The molecule has 1 aromatic heterocycles. The average molecular weight is 242 g/mol. The number of pyridine rings is 1. The van der Waals surface area contributed by atoms with Crippen molar-refractivity contribution in [3.63, 3.8) is 0 Å². The Morgan fingerprint density at radius 2 is 2.19 bits per heavy atom. The van der Waals surface area contributed by atoms with Crippen LogP contribution < -0.4 is 5.73 Å². The van der Waals surface area contributed by atoms with Gasteiger partial charge in [0.15, 0.2) is 0 Å². The van der Waals surface area contributed by atoms with E-state index in [0.717, 1.165) is 23.7 Å². The van der Waals surface area contributed by atoms with Crippen molar-refractivity contribution in [1.29, 1.82) is 0 Å². The summed E-state index contributed by atoms with van der Waals surface area (Å²) in [5.41, 5.74) is 5.50. The highest BCUT2D eigenvalue weighted by Crippen LogP contribution is 2.17. The molecule has 0 saturated carbocycles. The van der Waals surface area contributed by atoms with E-state index in [1.807, 2.05) is 12.1 Å². The number of nitrogen functional groups attached to an aromatic ring is 1. The lowest BCUT2D eigenvalue weighted by molar-refractivity contribution is 0.0713. The Balaban J connectivity index is 2.01. The number of rotatable bonds is 8. The maximum absolute atomic E-state index is 5.50. The molecule has 0 aliphatic rings. The number of anilines is 1. The SMILES string of the molecule is COCCOCCCSc1ccc(N)nc1. The molecule has 1 rings (SSSR count). The lowest BCUT2D eigenvalue weighted by atomic mass is 10.5. The van der Waals surface area contributed by atoms with E-state index < -0.39 is 0 Å². The monoisotopic (exact) mass is 242 g/mol. The van der Waals surface area contributed by atoms with Crippen LogP contribution in [-0.4, -0.2) is 37.7 Å². The molecule has 0 radical (unpaired) electrons. The highest BCUT2D eigenvalue weighted by atomic mass is 32.2. The predicted molar refractivity (Wildman–Crippen MR) is 66.7 cm³/mol. The molecule has 0 amide bonds. The van der Waals surface area contributed by atoms with Gasteiger partial charge in [0, 0.05) is 30.6 Å². The Bertz CT molecular complexity index is 280. The summed E-state index contributed by atoms with van der Waals surface area (Å²) < 4.78 is 10.2.